The molecule has 0 saturated heterocycles. The van der Waals surface area contributed by atoms with Crippen molar-refractivity contribution in [2.24, 2.45) is 0 Å². The smallest absolute Gasteiger partial charge is 0.320 e. The lowest BCUT2D eigenvalue weighted by Gasteiger charge is -2.38. The summed E-state index contributed by atoms with van der Waals surface area (Å²) in [6.07, 6.45) is 0.913. The Morgan fingerprint density at radius 1 is 1.40 bits per heavy atom. The summed E-state index contributed by atoms with van der Waals surface area (Å²) < 4.78 is 5.30. The third-order valence-corrected chi connectivity index (χ3v) is 4.17. The molecule has 20 heavy (non-hydrogen) atoms. The van der Waals surface area contributed by atoms with Crippen molar-refractivity contribution in [1.29, 1.82) is 0 Å². The minimum atomic E-state index is 0.0990. The van der Waals surface area contributed by atoms with Gasteiger partial charge >= 0.3 is 6.03 Å². The van der Waals surface area contributed by atoms with Crippen LogP contribution in [0.4, 0.5) is 4.79 Å². The van der Waals surface area contributed by atoms with E-state index < -0.39 is 0 Å². The van der Waals surface area contributed by atoms with E-state index >= 15 is 0 Å². The molecule has 0 spiro atoms. The molecule has 1 unspecified atom stereocenters. The average molecular weight is 276 g/mol. The van der Waals surface area contributed by atoms with Crippen LogP contribution in [0.3, 0.4) is 0 Å². The van der Waals surface area contributed by atoms with Gasteiger partial charge < -0.3 is 14.5 Å². The minimum Gasteiger partial charge on any atom is -0.497 e. The number of ether oxygens (including phenoxy) is 1. The standard InChI is InChI=1S/C16H24N2O2/c1-5-17(6-2)16(19)18-10-9-13-7-8-14(20-4)11-15(13)12(18)3/h7-8,11-12H,5-6,9-10H2,1-4H3. The zero-order chi connectivity index (χ0) is 14.7. The van der Waals surface area contributed by atoms with Gasteiger partial charge in [-0.1, -0.05) is 6.07 Å². The maximum atomic E-state index is 12.6. The monoisotopic (exact) mass is 276 g/mol. The molecule has 1 aliphatic rings. The fraction of sp³-hybridized carbons (Fsp3) is 0.562. The van der Waals surface area contributed by atoms with E-state index in [2.05, 4.69) is 19.1 Å². The molecule has 2 rings (SSSR count). The number of amides is 2. The van der Waals surface area contributed by atoms with Gasteiger partial charge in [0.25, 0.3) is 0 Å². The van der Waals surface area contributed by atoms with Crippen LogP contribution in [0.15, 0.2) is 18.2 Å². The number of hydrogen-bond acceptors (Lipinski definition) is 2. The van der Waals surface area contributed by atoms with Crippen molar-refractivity contribution in [1.82, 2.24) is 9.80 Å². The SMILES string of the molecule is CCN(CC)C(=O)N1CCc2ccc(OC)cc2C1C. The van der Waals surface area contributed by atoms with Gasteiger partial charge in [0.15, 0.2) is 0 Å². The molecule has 110 valence electrons. The molecule has 1 atom stereocenters. The van der Waals surface area contributed by atoms with Crippen molar-refractivity contribution in [2.45, 2.75) is 33.2 Å². The van der Waals surface area contributed by atoms with Crippen molar-refractivity contribution in [3.05, 3.63) is 29.3 Å². The predicted molar refractivity (Wildman–Crippen MR) is 80.1 cm³/mol. The highest BCUT2D eigenvalue weighted by Crippen LogP contribution is 2.32. The zero-order valence-electron chi connectivity index (χ0n) is 12.8. The van der Waals surface area contributed by atoms with Crippen LogP contribution in [0.25, 0.3) is 0 Å². The van der Waals surface area contributed by atoms with Gasteiger partial charge in [-0.05, 0) is 50.5 Å². The van der Waals surface area contributed by atoms with E-state index in [-0.39, 0.29) is 12.1 Å². The second-order valence-electron chi connectivity index (χ2n) is 5.14. The zero-order valence-corrected chi connectivity index (χ0v) is 12.8. The molecular formula is C16H24N2O2. The summed E-state index contributed by atoms with van der Waals surface area (Å²) in [5, 5.41) is 0. The van der Waals surface area contributed by atoms with E-state index in [1.165, 1.54) is 11.1 Å². The highest BCUT2D eigenvalue weighted by atomic mass is 16.5. The summed E-state index contributed by atoms with van der Waals surface area (Å²) in [5.74, 6) is 0.854. The van der Waals surface area contributed by atoms with Gasteiger partial charge in [-0.3, -0.25) is 0 Å². The molecule has 4 heteroatoms. The number of nitrogens with zero attached hydrogens (tertiary/aromatic N) is 2. The first-order valence-corrected chi connectivity index (χ1v) is 7.34. The van der Waals surface area contributed by atoms with E-state index in [1.807, 2.05) is 29.7 Å². The number of methoxy groups -OCH3 is 1. The van der Waals surface area contributed by atoms with Crippen LogP contribution in [0.1, 0.15) is 37.9 Å². The summed E-state index contributed by atoms with van der Waals surface area (Å²) in [5.41, 5.74) is 2.53. The van der Waals surface area contributed by atoms with E-state index in [9.17, 15) is 4.79 Å². The fourth-order valence-electron chi connectivity index (χ4n) is 2.86. The number of rotatable bonds is 3. The summed E-state index contributed by atoms with van der Waals surface area (Å²) in [4.78, 5) is 16.4. The third kappa shape index (κ3) is 2.60. The quantitative estimate of drug-likeness (QED) is 0.850. The fourth-order valence-corrected chi connectivity index (χ4v) is 2.86. The molecule has 1 aliphatic heterocycles. The van der Waals surface area contributed by atoms with Gasteiger partial charge in [-0.2, -0.15) is 0 Å². The van der Waals surface area contributed by atoms with E-state index in [0.29, 0.717) is 0 Å². The molecule has 4 nitrogen and oxygen atoms in total. The van der Waals surface area contributed by atoms with Crippen molar-refractivity contribution >= 4 is 6.03 Å². The Balaban J connectivity index is 2.26. The highest BCUT2D eigenvalue weighted by Gasteiger charge is 2.29. The van der Waals surface area contributed by atoms with E-state index in [1.54, 1.807) is 7.11 Å². The van der Waals surface area contributed by atoms with Crippen LogP contribution in [0.5, 0.6) is 5.75 Å². The van der Waals surface area contributed by atoms with E-state index in [0.717, 1.165) is 31.8 Å². The molecule has 2 amide bonds. The molecule has 0 radical (unpaired) electrons. The Bertz CT molecular complexity index is 483. The van der Waals surface area contributed by atoms with Crippen LogP contribution >= 0.6 is 0 Å². The number of fused-ring (bicyclic) bond motifs is 1. The maximum absolute atomic E-state index is 12.6. The Morgan fingerprint density at radius 3 is 2.70 bits per heavy atom. The number of benzene rings is 1. The summed E-state index contributed by atoms with van der Waals surface area (Å²) >= 11 is 0. The first-order valence-electron chi connectivity index (χ1n) is 7.34. The van der Waals surface area contributed by atoms with Crippen molar-refractivity contribution in [2.75, 3.05) is 26.7 Å². The molecule has 0 fully saturated rings. The average Bonchev–Trinajstić information content (AvgIpc) is 2.48. The number of carbonyl (C=O) groups is 1. The van der Waals surface area contributed by atoms with Crippen molar-refractivity contribution < 1.29 is 9.53 Å². The molecule has 1 heterocycles. The Morgan fingerprint density at radius 2 is 2.10 bits per heavy atom. The second kappa shape index (κ2) is 6.16. The molecule has 1 aromatic rings. The summed E-state index contributed by atoms with van der Waals surface area (Å²) in [6, 6.07) is 6.40. The highest BCUT2D eigenvalue weighted by molar-refractivity contribution is 5.75. The molecule has 0 aliphatic carbocycles. The van der Waals surface area contributed by atoms with Crippen LogP contribution < -0.4 is 4.74 Å². The van der Waals surface area contributed by atoms with Crippen molar-refractivity contribution in [3.8, 4) is 5.75 Å². The second-order valence-corrected chi connectivity index (χ2v) is 5.14. The summed E-state index contributed by atoms with van der Waals surface area (Å²) in [6.45, 7) is 8.43. The van der Waals surface area contributed by atoms with Crippen LogP contribution in [-0.4, -0.2) is 42.6 Å². The summed E-state index contributed by atoms with van der Waals surface area (Å²) in [7, 11) is 1.67. The third-order valence-electron chi connectivity index (χ3n) is 4.17. The Hall–Kier alpha value is -1.71. The number of hydrogen-bond donors (Lipinski definition) is 0. The Labute approximate surface area is 121 Å². The lowest BCUT2D eigenvalue weighted by atomic mass is 9.93. The van der Waals surface area contributed by atoms with Gasteiger partial charge in [-0.15, -0.1) is 0 Å². The van der Waals surface area contributed by atoms with Crippen LogP contribution in [0, 0.1) is 0 Å². The first-order chi connectivity index (χ1) is 9.62. The Kier molecular flexibility index (Phi) is 4.53. The number of urea groups is 1. The topological polar surface area (TPSA) is 32.8 Å². The van der Waals surface area contributed by atoms with Crippen molar-refractivity contribution in [3.63, 3.8) is 0 Å². The molecule has 0 aromatic heterocycles. The van der Waals surface area contributed by atoms with Gasteiger partial charge in [0.1, 0.15) is 5.75 Å². The molecule has 0 bridgehead atoms. The van der Waals surface area contributed by atoms with E-state index in [4.69, 9.17) is 4.74 Å². The number of carbonyl (C=O) groups excluding carboxylic acids is 1. The van der Waals surface area contributed by atoms with Gasteiger partial charge in [-0.25, -0.2) is 4.79 Å². The van der Waals surface area contributed by atoms with Crippen LogP contribution in [0.2, 0.25) is 0 Å². The van der Waals surface area contributed by atoms with Gasteiger partial charge in [0, 0.05) is 19.6 Å². The molecule has 0 N–H and O–H groups in total. The predicted octanol–water partition coefficient (Wildman–Crippen LogP) is 3.08. The van der Waals surface area contributed by atoms with Gasteiger partial charge in [0.2, 0.25) is 0 Å². The molecule has 0 saturated carbocycles. The van der Waals surface area contributed by atoms with Gasteiger partial charge in [0.05, 0.1) is 13.2 Å². The lowest BCUT2D eigenvalue weighted by Crippen LogP contribution is -2.46. The molecular weight excluding hydrogens is 252 g/mol. The normalized spacial score (nSPS) is 17.6. The maximum Gasteiger partial charge on any atom is 0.320 e. The minimum absolute atomic E-state index is 0.0990. The first kappa shape index (κ1) is 14.7. The largest absolute Gasteiger partial charge is 0.497 e. The van der Waals surface area contributed by atoms with Crippen LogP contribution in [-0.2, 0) is 6.42 Å². The molecule has 1 aromatic carbocycles. The lowest BCUT2D eigenvalue weighted by molar-refractivity contribution is 0.137.